The van der Waals surface area contributed by atoms with Gasteiger partial charge >= 0.3 is 0 Å². The van der Waals surface area contributed by atoms with E-state index in [1.54, 1.807) is 6.08 Å². The third kappa shape index (κ3) is 27.7. The van der Waals surface area contributed by atoms with Gasteiger partial charge in [0.25, 0.3) is 0 Å². The Morgan fingerprint density at radius 1 is 0.536 bits per heavy atom. The molecule has 0 aromatic heterocycles. The lowest BCUT2D eigenvalue weighted by atomic mass is 9.97. The Morgan fingerprint density at radius 3 is 1.59 bits per heavy atom. The number of hydrogen-bond acceptors (Lipinski definition) is 13. The Morgan fingerprint density at radius 2 is 1.01 bits per heavy atom. The predicted molar refractivity (Wildman–Crippen MR) is 272 cm³/mol. The van der Waals surface area contributed by atoms with E-state index in [0.29, 0.717) is 12.8 Å². The summed E-state index contributed by atoms with van der Waals surface area (Å²) in [6, 6.07) is -0.938. The zero-order chi connectivity index (χ0) is 50.3. The van der Waals surface area contributed by atoms with Gasteiger partial charge in [-0.15, -0.1) is 0 Å². The van der Waals surface area contributed by atoms with E-state index in [4.69, 9.17) is 18.9 Å². The van der Waals surface area contributed by atoms with Gasteiger partial charge in [-0.3, -0.25) is 4.79 Å². The number of nitrogens with one attached hydrogen (secondary N) is 1. The van der Waals surface area contributed by atoms with Crippen LogP contribution in [0.2, 0.25) is 0 Å². The Hall–Kier alpha value is -2.57. The van der Waals surface area contributed by atoms with Crippen LogP contribution >= 0.6 is 0 Å². The van der Waals surface area contributed by atoms with Crippen molar-refractivity contribution in [1.29, 1.82) is 0 Å². The molecule has 1 amide bonds. The fourth-order valence-electron chi connectivity index (χ4n) is 8.30. The Balaban J connectivity index is 1.83. The number of unbranched alkanes of at least 4 members (excludes halogenated alkanes) is 17. The molecule has 2 aliphatic rings. The molecule has 0 aromatic carbocycles. The highest BCUT2D eigenvalue weighted by Gasteiger charge is 2.51. The lowest BCUT2D eigenvalue weighted by molar-refractivity contribution is -0.359. The van der Waals surface area contributed by atoms with E-state index < -0.39 is 86.8 Å². The van der Waals surface area contributed by atoms with Gasteiger partial charge in [0.1, 0.15) is 48.8 Å². The molecule has 0 radical (unpaired) electrons. The average Bonchev–Trinajstić information content (AvgIpc) is 3.35. The molecule has 14 heteroatoms. The number of ether oxygens (including phenoxy) is 4. The second kappa shape index (κ2) is 41.0. The van der Waals surface area contributed by atoms with Gasteiger partial charge in [0, 0.05) is 6.42 Å². The number of allylic oxidation sites excluding steroid dienone is 11. The summed E-state index contributed by atoms with van der Waals surface area (Å²) in [5.41, 5.74) is 0. The highest BCUT2D eigenvalue weighted by atomic mass is 16.7. The average molecular weight is 978 g/mol. The van der Waals surface area contributed by atoms with Crippen molar-refractivity contribution >= 4 is 5.91 Å². The monoisotopic (exact) mass is 978 g/mol. The molecule has 0 saturated carbocycles. The zero-order valence-corrected chi connectivity index (χ0v) is 42.3. The van der Waals surface area contributed by atoms with Gasteiger partial charge in [0.15, 0.2) is 12.6 Å². The Kier molecular flexibility index (Phi) is 37.1. The molecule has 2 saturated heterocycles. The topological polar surface area (TPSA) is 228 Å². The molecule has 69 heavy (non-hydrogen) atoms. The molecule has 12 unspecified atom stereocenters. The number of rotatable bonds is 40. The predicted octanol–water partition coefficient (Wildman–Crippen LogP) is 7.60. The maximum absolute atomic E-state index is 13.2. The van der Waals surface area contributed by atoms with Crippen LogP contribution in [-0.2, 0) is 23.7 Å². The van der Waals surface area contributed by atoms with E-state index in [2.05, 4.69) is 79.9 Å². The summed E-state index contributed by atoms with van der Waals surface area (Å²) in [5, 5.41) is 86.8. The summed E-state index contributed by atoms with van der Waals surface area (Å²) in [6.45, 7) is 2.63. The molecule has 9 N–H and O–H groups in total. The summed E-state index contributed by atoms with van der Waals surface area (Å²) in [5.74, 6) is -0.262. The van der Waals surface area contributed by atoms with Gasteiger partial charge in [-0.2, -0.15) is 0 Å². The molecule has 2 heterocycles. The first kappa shape index (κ1) is 62.5. The number of aliphatic hydroxyl groups excluding tert-OH is 8. The molecule has 0 aromatic rings. The minimum atomic E-state index is -1.79. The smallest absolute Gasteiger partial charge is 0.220 e. The molecule has 2 fully saturated rings. The van der Waals surface area contributed by atoms with E-state index >= 15 is 0 Å². The van der Waals surface area contributed by atoms with E-state index in [9.17, 15) is 45.6 Å². The van der Waals surface area contributed by atoms with Gasteiger partial charge in [-0.25, -0.2) is 0 Å². The first-order chi connectivity index (χ1) is 33.6. The molecule has 398 valence electrons. The third-order valence-electron chi connectivity index (χ3n) is 12.6. The quantitative estimate of drug-likeness (QED) is 0.0213. The normalized spacial score (nSPS) is 26.8. The van der Waals surface area contributed by atoms with Crippen LogP contribution in [0.15, 0.2) is 72.9 Å². The highest BCUT2D eigenvalue weighted by molar-refractivity contribution is 5.76. The van der Waals surface area contributed by atoms with Crippen molar-refractivity contribution in [3.63, 3.8) is 0 Å². The SMILES string of the molecule is CC/C=C\C/C=C\C/C=C\C/C=C\CCCCCCCCCCC(=O)NC(COC1OC(CO)C(OC2OC(CO)C(O)C(O)C2O)C(O)C1O)C(O)/C=C/CC/C=C/CCCCCCCCCC. The van der Waals surface area contributed by atoms with Gasteiger partial charge < -0.3 is 65.1 Å². The number of hydrogen-bond donors (Lipinski definition) is 9. The van der Waals surface area contributed by atoms with Crippen LogP contribution in [0.1, 0.15) is 174 Å². The zero-order valence-electron chi connectivity index (χ0n) is 42.3. The first-order valence-electron chi connectivity index (χ1n) is 26.7. The molecule has 0 spiro atoms. The second-order valence-electron chi connectivity index (χ2n) is 18.6. The van der Waals surface area contributed by atoms with Crippen LogP contribution < -0.4 is 5.32 Å². The molecule has 14 nitrogen and oxygen atoms in total. The van der Waals surface area contributed by atoms with E-state index in [1.807, 2.05) is 6.08 Å². The molecule has 12 atom stereocenters. The van der Waals surface area contributed by atoms with Crippen LogP contribution in [0.5, 0.6) is 0 Å². The second-order valence-corrected chi connectivity index (χ2v) is 18.6. The van der Waals surface area contributed by atoms with Crippen LogP contribution in [0.3, 0.4) is 0 Å². The van der Waals surface area contributed by atoms with Crippen molar-refractivity contribution in [3.8, 4) is 0 Å². The summed E-state index contributed by atoms with van der Waals surface area (Å²) in [6.07, 6.45) is 35.1. The standard InChI is InChI=1S/C55H95NO13/c1-3-5-7-9-11-13-15-17-19-20-21-22-23-24-25-27-29-31-33-35-37-39-47(60)56-43(44(59)38-36-34-32-30-28-26-18-16-14-12-10-8-6-4-2)42-66-54-52(65)50(63)53(46(41-58)68-54)69-55-51(64)49(62)48(61)45(40-57)67-55/h5,7,11,13,17,19,21-22,28,30,36,38,43-46,48-55,57-59,61-65H,3-4,6,8-10,12,14-16,18,20,23-27,29,31-35,37,39-42H2,1-2H3,(H,56,60)/b7-5-,13-11-,19-17-,22-21-,30-28+,38-36+. The fourth-order valence-corrected chi connectivity index (χ4v) is 8.30. The lowest BCUT2D eigenvalue weighted by Crippen LogP contribution is -2.65. The van der Waals surface area contributed by atoms with Crippen LogP contribution in [0.4, 0.5) is 0 Å². The summed E-state index contributed by atoms with van der Waals surface area (Å²) < 4.78 is 22.7. The van der Waals surface area contributed by atoms with Gasteiger partial charge in [0.05, 0.1) is 32.0 Å². The van der Waals surface area contributed by atoms with Crippen LogP contribution in [0, 0.1) is 0 Å². The van der Waals surface area contributed by atoms with Gasteiger partial charge in [-0.1, -0.05) is 170 Å². The summed E-state index contributed by atoms with van der Waals surface area (Å²) in [4.78, 5) is 13.2. The lowest BCUT2D eigenvalue weighted by Gasteiger charge is -2.46. The largest absolute Gasteiger partial charge is 0.394 e. The molecular formula is C55H95NO13. The number of carbonyl (C=O) groups is 1. The van der Waals surface area contributed by atoms with Crippen molar-refractivity contribution in [2.24, 2.45) is 0 Å². The minimum Gasteiger partial charge on any atom is -0.394 e. The molecular weight excluding hydrogens is 883 g/mol. The number of amides is 1. The van der Waals surface area contributed by atoms with E-state index in [-0.39, 0.29) is 18.9 Å². The van der Waals surface area contributed by atoms with Crippen molar-refractivity contribution in [1.82, 2.24) is 5.32 Å². The summed E-state index contributed by atoms with van der Waals surface area (Å²) >= 11 is 0. The van der Waals surface area contributed by atoms with Crippen molar-refractivity contribution < 1.29 is 64.6 Å². The number of aliphatic hydroxyl groups is 8. The third-order valence-corrected chi connectivity index (χ3v) is 12.6. The molecule has 2 aliphatic heterocycles. The van der Waals surface area contributed by atoms with Crippen molar-refractivity contribution in [2.45, 2.75) is 248 Å². The highest BCUT2D eigenvalue weighted by Crippen LogP contribution is 2.30. The van der Waals surface area contributed by atoms with Crippen molar-refractivity contribution in [2.75, 3.05) is 19.8 Å². The molecule has 2 rings (SSSR count). The fraction of sp³-hybridized carbons (Fsp3) is 0.764. The minimum absolute atomic E-state index is 0.260. The first-order valence-corrected chi connectivity index (χ1v) is 26.7. The maximum Gasteiger partial charge on any atom is 0.220 e. The van der Waals surface area contributed by atoms with E-state index in [0.717, 1.165) is 70.6 Å². The van der Waals surface area contributed by atoms with Crippen LogP contribution in [-0.4, -0.2) is 140 Å². The van der Waals surface area contributed by atoms with E-state index in [1.165, 1.54) is 70.6 Å². The maximum atomic E-state index is 13.2. The molecule has 0 bridgehead atoms. The Bertz CT molecular complexity index is 1430. The van der Waals surface area contributed by atoms with Gasteiger partial charge in [-0.05, 0) is 70.6 Å². The Labute approximate surface area is 415 Å². The van der Waals surface area contributed by atoms with Crippen molar-refractivity contribution in [3.05, 3.63) is 72.9 Å². The summed E-state index contributed by atoms with van der Waals surface area (Å²) in [7, 11) is 0. The molecule has 0 aliphatic carbocycles. The van der Waals surface area contributed by atoms with Crippen LogP contribution in [0.25, 0.3) is 0 Å². The van der Waals surface area contributed by atoms with Gasteiger partial charge in [0.2, 0.25) is 5.91 Å². The number of carbonyl (C=O) groups excluding carboxylic acids is 1.